The molecule has 0 radical (unpaired) electrons. The highest BCUT2D eigenvalue weighted by Gasteiger charge is 2.23. The van der Waals surface area contributed by atoms with E-state index in [0.29, 0.717) is 11.7 Å². The second-order valence-electron chi connectivity index (χ2n) is 5.67. The quantitative estimate of drug-likeness (QED) is 0.756. The molecule has 2 heteroatoms. The van der Waals surface area contributed by atoms with Gasteiger partial charge in [0, 0.05) is 18.0 Å². The summed E-state index contributed by atoms with van der Waals surface area (Å²) in [5.41, 5.74) is 2.24. The molecule has 2 fully saturated rings. The molecule has 18 heavy (non-hydrogen) atoms. The van der Waals surface area contributed by atoms with Gasteiger partial charge in [0.15, 0.2) is 5.78 Å². The second kappa shape index (κ2) is 5.23. The van der Waals surface area contributed by atoms with Crippen molar-refractivity contribution in [1.29, 1.82) is 0 Å². The lowest BCUT2D eigenvalue weighted by molar-refractivity contribution is 0.0923. The van der Waals surface area contributed by atoms with Crippen molar-refractivity contribution in [2.75, 3.05) is 13.1 Å². The maximum absolute atomic E-state index is 12.2. The van der Waals surface area contributed by atoms with Crippen LogP contribution >= 0.6 is 0 Å². The van der Waals surface area contributed by atoms with E-state index in [1.54, 1.807) is 0 Å². The Labute approximate surface area is 109 Å². The van der Waals surface area contributed by atoms with Crippen LogP contribution in [0.2, 0.25) is 0 Å². The van der Waals surface area contributed by atoms with E-state index in [-0.39, 0.29) is 0 Å². The topological polar surface area (TPSA) is 20.3 Å². The molecule has 0 aromatic heterocycles. The number of likely N-dealkylation sites (tertiary alicyclic amines) is 1. The fourth-order valence-corrected chi connectivity index (χ4v) is 3.00. The van der Waals surface area contributed by atoms with Crippen LogP contribution in [0, 0.1) is 5.92 Å². The molecule has 1 aromatic carbocycles. The van der Waals surface area contributed by atoms with Crippen LogP contribution in [0.4, 0.5) is 0 Å². The summed E-state index contributed by atoms with van der Waals surface area (Å²) >= 11 is 0. The molecule has 0 N–H and O–H groups in total. The SMILES string of the molecule is O=C(c1ccc(CN2CCC2)cc1)C1CCCC1. The first kappa shape index (κ1) is 11.9. The van der Waals surface area contributed by atoms with Crippen LogP contribution in [0.5, 0.6) is 0 Å². The number of carbonyl (C=O) groups excluding carboxylic acids is 1. The molecule has 3 rings (SSSR count). The van der Waals surface area contributed by atoms with E-state index in [2.05, 4.69) is 17.0 Å². The van der Waals surface area contributed by atoms with Crippen LogP contribution in [-0.2, 0) is 6.54 Å². The largest absolute Gasteiger partial charge is 0.299 e. The highest BCUT2D eigenvalue weighted by atomic mass is 16.1. The monoisotopic (exact) mass is 243 g/mol. The highest BCUT2D eigenvalue weighted by molar-refractivity contribution is 5.98. The third-order valence-electron chi connectivity index (χ3n) is 4.32. The van der Waals surface area contributed by atoms with E-state index in [0.717, 1.165) is 24.9 Å². The van der Waals surface area contributed by atoms with Gasteiger partial charge in [0.25, 0.3) is 0 Å². The Morgan fingerprint density at radius 2 is 1.72 bits per heavy atom. The highest BCUT2D eigenvalue weighted by Crippen LogP contribution is 2.28. The Morgan fingerprint density at radius 3 is 2.28 bits per heavy atom. The average Bonchev–Trinajstić information content (AvgIpc) is 2.87. The Kier molecular flexibility index (Phi) is 3.46. The predicted octanol–water partition coefficient (Wildman–Crippen LogP) is 3.27. The molecular weight excluding hydrogens is 222 g/mol. The van der Waals surface area contributed by atoms with Gasteiger partial charge in [-0.2, -0.15) is 0 Å². The fraction of sp³-hybridized carbons (Fsp3) is 0.562. The Morgan fingerprint density at radius 1 is 1.06 bits per heavy atom. The molecule has 0 unspecified atom stereocenters. The molecule has 0 atom stereocenters. The van der Waals surface area contributed by atoms with Crippen LogP contribution < -0.4 is 0 Å². The molecule has 1 aromatic rings. The minimum Gasteiger partial charge on any atom is -0.299 e. The van der Waals surface area contributed by atoms with Crippen molar-refractivity contribution < 1.29 is 4.79 Å². The molecule has 1 heterocycles. The summed E-state index contributed by atoms with van der Waals surface area (Å²) in [4.78, 5) is 14.7. The number of hydrogen-bond donors (Lipinski definition) is 0. The van der Waals surface area contributed by atoms with Gasteiger partial charge in [-0.3, -0.25) is 9.69 Å². The normalized spacial score (nSPS) is 20.9. The Balaban J connectivity index is 1.64. The molecule has 1 aliphatic carbocycles. The summed E-state index contributed by atoms with van der Waals surface area (Å²) in [6, 6.07) is 8.30. The van der Waals surface area contributed by atoms with Crippen molar-refractivity contribution in [1.82, 2.24) is 4.90 Å². The minimum absolute atomic E-state index is 0.297. The van der Waals surface area contributed by atoms with E-state index in [1.807, 2.05) is 12.1 Å². The number of ketones is 1. The first-order chi connectivity index (χ1) is 8.83. The summed E-state index contributed by atoms with van der Waals surface area (Å²) in [6.45, 7) is 3.49. The zero-order chi connectivity index (χ0) is 12.4. The minimum atomic E-state index is 0.297. The van der Waals surface area contributed by atoms with E-state index >= 15 is 0 Å². The first-order valence-corrected chi connectivity index (χ1v) is 7.18. The Bertz CT molecular complexity index is 413. The molecule has 0 amide bonds. The summed E-state index contributed by atoms with van der Waals surface area (Å²) in [7, 11) is 0. The van der Waals surface area contributed by atoms with Crippen molar-refractivity contribution in [3.05, 3.63) is 35.4 Å². The molecule has 1 saturated carbocycles. The van der Waals surface area contributed by atoms with E-state index in [1.165, 1.54) is 37.9 Å². The molecule has 1 aliphatic heterocycles. The number of rotatable bonds is 4. The lowest BCUT2D eigenvalue weighted by atomic mass is 9.95. The first-order valence-electron chi connectivity index (χ1n) is 7.18. The van der Waals surface area contributed by atoms with Crippen LogP contribution in [0.1, 0.15) is 48.0 Å². The summed E-state index contributed by atoms with van der Waals surface area (Å²) in [5.74, 6) is 0.661. The van der Waals surface area contributed by atoms with Crippen molar-refractivity contribution in [3.63, 3.8) is 0 Å². The van der Waals surface area contributed by atoms with Gasteiger partial charge in [-0.15, -0.1) is 0 Å². The third-order valence-corrected chi connectivity index (χ3v) is 4.32. The van der Waals surface area contributed by atoms with Gasteiger partial charge >= 0.3 is 0 Å². The molecule has 2 aliphatic rings. The molecule has 0 bridgehead atoms. The van der Waals surface area contributed by atoms with Gasteiger partial charge in [0.05, 0.1) is 0 Å². The summed E-state index contributed by atoms with van der Waals surface area (Å²) in [5, 5.41) is 0. The van der Waals surface area contributed by atoms with Crippen LogP contribution in [-0.4, -0.2) is 23.8 Å². The van der Waals surface area contributed by atoms with Crippen LogP contribution in [0.25, 0.3) is 0 Å². The third kappa shape index (κ3) is 2.49. The zero-order valence-corrected chi connectivity index (χ0v) is 10.9. The molecule has 1 saturated heterocycles. The second-order valence-corrected chi connectivity index (χ2v) is 5.67. The van der Waals surface area contributed by atoms with E-state index in [4.69, 9.17) is 0 Å². The predicted molar refractivity (Wildman–Crippen MR) is 72.6 cm³/mol. The lowest BCUT2D eigenvalue weighted by Gasteiger charge is -2.30. The Hall–Kier alpha value is -1.15. The van der Waals surface area contributed by atoms with Gasteiger partial charge in [0.1, 0.15) is 0 Å². The maximum Gasteiger partial charge on any atom is 0.165 e. The molecule has 96 valence electrons. The fourth-order valence-electron chi connectivity index (χ4n) is 3.00. The molecular formula is C16H21NO. The standard InChI is InChI=1S/C16H21NO/c18-16(14-4-1-2-5-14)15-8-6-13(7-9-15)12-17-10-3-11-17/h6-9,14H,1-5,10-12H2. The maximum atomic E-state index is 12.2. The van der Waals surface area contributed by atoms with Gasteiger partial charge in [-0.25, -0.2) is 0 Å². The number of carbonyl (C=O) groups is 1. The number of benzene rings is 1. The zero-order valence-electron chi connectivity index (χ0n) is 10.9. The number of hydrogen-bond acceptors (Lipinski definition) is 2. The summed E-state index contributed by atoms with van der Waals surface area (Å²) < 4.78 is 0. The van der Waals surface area contributed by atoms with Crippen LogP contribution in [0.15, 0.2) is 24.3 Å². The van der Waals surface area contributed by atoms with Gasteiger partial charge in [-0.1, -0.05) is 37.1 Å². The van der Waals surface area contributed by atoms with Gasteiger partial charge in [0.2, 0.25) is 0 Å². The van der Waals surface area contributed by atoms with Crippen molar-refractivity contribution in [3.8, 4) is 0 Å². The average molecular weight is 243 g/mol. The van der Waals surface area contributed by atoms with Crippen molar-refractivity contribution >= 4 is 5.78 Å². The number of nitrogens with zero attached hydrogens (tertiary/aromatic N) is 1. The summed E-state index contributed by atoms with van der Waals surface area (Å²) in [6.07, 6.45) is 5.97. The van der Waals surface area contributed by atoms with Crippen molar-refractivity contribution in [2.24, 2.45) is 5.92 Å². The van der Waals surface area contributed by atoms with Gasteiger partial charge in [-0.05, 0) is 37.9 Å². The lowest BCUT2D eigenvalue weighted by Crippen LogP contribution is -2.36. The van der Waals surface area contributed by atoms with Crippen molar-refractivity contribution in [2.45, 2.75) is 38.6 Å². The smallest absolute Gasteiger partial charge is 0.165 e. The molecule has 0 spiro atoms. The van der Waals surface area contributed by atoms with Gasteiger partial charge < -0.3 is 0 Å². The number of Topliss-reactive ketones (excluding diaryl/α,β-unsaturated/α-hetero) is 1. The molecule has 2 nitrogen and oxygen atoms in total. The van der Waals surface area contributed by atoms with E-state index in [9.17, 15) is 4.79 Å². The van der Waals surface area contributed by atoms with Crippen LogP contribution in [0.3, 0.4) is 0 Å². The van der Waals surface area contributed by atoms with E-state index < -0.39 is 0 Å².